The van der Waals surface area contributed by atoms with Gasteiger partial charge in [-0.1, -0.05) is 69.1 Å². The van der Waals surface area contributed by atoms with Crippen molar-refractivity contribution in [3.63, 3.8) is 0 Å². The monoisotopic (exact) mass is 306 g/mol. The zero-order valence-electron chi connectivity index (χ0n) is 14.3. The molecule has 1 N–H and O–H groups in total. The van der Waals surface area contributed by atoms with Crippen molar-refractivity contribution in [2.75, 3.05) is 0 Å². The van der Waals surface area contributed by atoms with Crippen molar-refractivity contribution in [2.24, 2.45) is 0 Å². The summed E-state index contributed by atoms with van der Waals surface area (Å²) in [6, 6.07) is 0. The van der Waals surface area contributed by atoms with Gasteiger partial charge >= 0.3 is 5.97 Å². The molecule has 0 saturated heterocycles. The number of hydrogen-bond donors (Lipinski definition) is 1. The third kappa shape index (κ3) is 18.7. The molecule has 2 nitrogen and oxygen atoms in total. The molecule has 0 fully saturated rings. The first kappa shape index (κ1) is 20.7. The Morgan fingerprint density at radius 1 is 0.727 bits per heavy atom. The van der Waals surface area contributed by atoms with E-state index in [9.17, 15) is 4.79 Å². The summed E-state index contributed by atoms with van der Waals surface area (Å²) >= 11 is 0. The molecule has 0 bridgehead atoms. The molecule has 0 rings (SSSR count). The van der Waals surface area contributed by atoms with Crippen LogP contribution in [0, 0.1) is 0 Å². The van der Waals surface area contributed by atoms with Gasteiger partial charge in [0.15, 0.2) is 0 Å². The van der Waals surface area contributed by atoms with E-state index in [1.54, 1.807) is 0 Å². The van der Waals surface area contributed by atoms with Gasteiger partial charge in [-0.15, -0.1) is 0 Å². The Hall–Kier alpha value is -1.31. The first-order valence-electron chi connectivity index (χ1n) is 8.95. The van der Waals surface area contributed by atoms with Gasteiger partial charge < -0.3 is 5.11 Å². The van der Waals surface area contributed by atoms with Gasteiger partial charge in [0, 0.05) is 6.42 Å². The molecule has 0 aromatic heterocycles. The van der Waals surface area contributed by atoms with Gasteiger partial charge in [-0.3, -0.25) is 4.79 Å². The van der Waals surface area contributed by atoms with Crippen LogP contribution in [0.25, 0.3) is 0 Å². The number of rotatable bonds is 15. The fraction of sp³-hybridized carbons (Fsp3) is 0.650. The van der Waals surface area contributed by atoms with Crippen molar-refractivity contribution in [3.05, 3.63) is 36.5 Å². The topological polar surface area (TPSA) is 37.3 Å². The molecule has 0 aliphatic rings. The minimum atomic E-state index is -0.680. The lowest BCUT2D eigenvalue weighted by Crippen LogP contribution is -1.93. The van der Waals surface area contributed by atoms with E-state index in [0.717, 1.165) is 44.9 Å². The predicted molar refractivity (Wildman–Crippen MR) is 96.1 cm³/mol. The molecule has 0 unspecified atom stereocenters. The summed E-state index contributed by atoms with van der Waals surface area (Å²) in [5, 5.41) is 8.52. The van der Waals surface area contributed by atoms with E-state index in [1.807, 2.05) is 0 Å². The van der Waals surface area contributed by atoms with Crippen molar-refractivity contribution in [3.8, 4) is 0 Å². The highest BCUT2D eigenvalue weighted by Gasteiger charge is 1.95. The first-order chi connectivity index (χ1) is 10.8. The lowest BCUT2D eigenvalue weighted by molar-refractivity contribution is -0.137. The molecule has 0 aromatic carbocycles. The van der Waals surface area contributed by atoms with Gasteiger partial charge in [-0.05, 0) is 44.9 Å². The summed E-state index contributed by atoms with van der Waals surface area (Å²) < 4.78 is 0. The van der Waals surface area contributed by atoms with Crippen LogP contribution in [0.1, 0.15) is 84.0 Å². The zero-order valence-corrected chi connectivity index (χ0v) is 14.3. The second-order valence-electron chi connectivity index (χ2n) is 5.75. The molecular weight excluding hydrogens is 272 g/mol. The summed E-state index contributed by atoms with van der Waals surface area (Å²) in [5.41, 5.74) is 0. The lowest BCUT2D eigenvalue weighted by atomic mass is 10.1. The number of carboxylic acids is 1. The molecule has 126 valence electrons. The van der Waals surface area contributed by atoms with Gasteiger partial charge in [-0.25, -0.2) is 0 Å². The van der Waals surface area contributed by atoms with E-state index in [2.05, 4.69) is 43.4 Å². The van der Waals surface area contributed by atoms with Crippen LogP contribution >= 0.6 is 0 Å². The lowest BCUT2D eigenvalue weighted by Gasteiger charge is -1.96. The van der Waals surface area contributed by atoms with Crippen molar-refractivity contribution < 1.29 is 9.90 Å². The van der Waals surface area contributed by atoms with Crippen LogP contribution in [0.3, 0.4) is 0 Å². The minimum absolute atomic E-state index is 0.311. The van der Waals surface area contributed by atoms with Crippen LogP contribution in [-0.4, -0.2) is 11.1 Å². The Kier molecular flexibility index (Phi) is 16.7. The average molecular weight is 306 g/mol. The van der Waals surface area contributed by atoms with Crippen LogP contribution < -0.4 is 0 Å². The molecule has 0 saturated carbocycles. The fourth-order valence-electron chi connectivity index (χ4n) is 2.18. The first-order valence-corrected chi connectivity index (χ1v) is 8.95. The summed E-state index contributed by atoms with van der Waals surface area (Å²) in [6.45, 7) is 2.24. The van der Waals surface area contributed by atoms with E-state index in [1.165, 1.54) is 25.7 Å². The van der Waals surface area contributed by atoms with Crippen molar-refractivity contribution >= 4 is 5.97 Å². The van der Waals surface area contributed by atoms with Crippen molar-refractivity contribution in [2.45, 2.75) is 84.0 Å². The number of allylic oxidation sites excluding steroid dienone is 6. The van der Waals surface area contributed by atoms with Gasteiger partial charge in [0.25, 0.3) is 0 Å². The highest BCUT2D eigenvalue weighted by Crippen LogP contribution is 2.06. The third-order valence-corrected chi connectivity index (χ3v) is 3.54. The molecule has 0 aliphatic carbocycles. The van der Waals surface area contributed by atoms with E-state index < -0.39 is 5.97 Å². The number of aliphatic carboxylic acids is 1. The maximum Gasteiger partial charge on any atom is 0.303 e. The van der Waals surface area contributed by atoms with Crippen LogP contribution in [0.15, 0.2) is 36.5 Å². The molecule has 0 aromatic rings. The number of unbranched alkanes of at least 4 members (excludes halogenated alkanes) is 8. The Bertz CT molecular complexity index is 327. The fourth-order valence-corrected chi connectivity index (χ4v) is 2.18. The summed E-state index contributed by atoms with van der Waals surface area (Å²) in [5.74, 6) is -0.680. The largest absolute Gasteiger partial charge is 0.481 e. The summed E-state index contributed by atoms with van der Waals surface area (Å²) in [6.07, 6.45) is 26.3. The number of hydrogen-bond acceptors (Lipinski definition) is 1. The predicted octanol–water partition coefficient (Wildman–Crippen LogP) is 6.44. The average Bonchev–Trinajstić information content (AvgIpc) is 2.50. The normalized spacial score (nSPS) is 12.0. The van der Waals surface area contributed by atoms with E-state index >= 15 is 0 Å². The van der Waals surface area contributed by atoms with Crippen molar-refractivity contribution in [1.82, 2.24) is 0 Å². The van der Waals surface area contributed by atoms with Gasteiger partial charge in [0.05, 0.1) is 0 Å². The maximum atomic E-state index is 10.3. The Balaban J connectivity index is 3.29. The molecule has 2 heteroatoms. The third-order valence-electron chi connectivity index (χ3n) is 3.54. The highest BCUT2D eigenvalue weighted by molar-refractivity contribution is 5.66. The number of carboxylic acid groups (broad SMARTS) is 1. The molecule has 0 spiro atoms. The van der Waals surface area contributed by atoms with Crippen LogP contribution in [0.5, 0.6) is 0 Å². The van der Waals surface area contributed by atoms with Crippen molar-refractivity contribution in [1.29, 1.82) is 0 Å². The summed E-state index contributed by atoms with van der Waals surface area (Å²) in [7, 11) is 0. The van der Waals surface area contributed by atoms with Crippen LogP contribution in [-0.2, 0) is 4.79 Å². The molecule has 0 heterocycles. The minimum Gasteiger partial charge on any atom is -0.481 e. The molecule has 0 amide bonds. The van der Waals surface area contributed by atoms with Gasteiger partial charge in [0.1, 0.15) is 0 Å². The van der Waals surface area contributed by atoms with Gasteiger partial charge in [-0.2, -0.15) is 0 Å². The molecule has 0 radical (unpaired) electrons. The maximum absolute atomic E-state index is 10.3. The summed E-state index contributed by atoms with van der Waals surface area (Å²) in [4.78, 5) is 10.3. The Labute approximate surface area is 137 Å². The SMILES string of the molecule is CCCCC/C=C\CC/C=C/C=C\CCCCCCC(=O)O. The zero-order chi connectivity index (χ0) is 16.3. The van der Waals surface area contributed by atoms with Gasteiger partial charge in [0.2, 0.25) is 0 Å². The standard InChI is InChI=1S/C20H34O2/c1-2-3-4-5-6-7-8-9-10-11-12-13-14-15-16-17-18-19-20(21)22/h6-7,10-13H,2-5,8-9,14-19H2,1H3,(H,21,22)/b7-6-,11-10+,13-12-. The molecule has 0 atom stereocenters. The second kappa shape index (κ2) is 17.7. The molecule has 22 heavy (non-hydrogen) atoms. The molecule has 0 aliphatic heterocycles. The quantitative estimate of drug-likeness (QED) is 0.215. The highest BCUT2D eigenvalue weighted by atomic mass is 16.4. The van der Waals surface area contributed by atoms with E-state index in [0.29, 0.717) is 6.42 Å². The number of carbonyl (C=O) groups is 1. The Morgan fingerprint density at radius 2 is 1.27 bits per heavy atom. The molecular formula is C20H34O2. The van der Waals surface area contributed by atoms with E-state index in [-0.39, 0.29) is 0 Å². The van der Waals surface area contributed by atoms with E-state index in [4.69, 9.17) is 5.11 Å². The second-order valence-corrected chi connectivity index (χ2v) is 5.75. The van der Waals surface area contributed by atoms with Crippen LogP contribution in [0.4, 0.5) is 0 Å². The smallest absolute Gasteiger partial charge is 0.303 e. The van der Waals surface area contributed by atoms with Crippen LogP contribution in [0.2, 0.25) is 0 Å². The Morgan fingerprint density at radius 3 is 2.00 bits per heavy atom.